The number of piperidine rings is 1. The molecule has 1 aliphatic rings. The molecule has 0 aliphatic carbocycles. The average Bonchev–Trinajstić information content (AvgIpc) is 3.20. The number of carbonyl (C=O) groups is 1. The Morgan fingerprint density at radius 2 is 2.18 bits per heavy atom. The highest BCUT2D eigenvalue weighted by Gasteiger charge is 2.25. The summed E-state index contributed by atoms with van der Waals surface area (Å²) in [5.74, 6) is 0.950. The van der Waals surface area contributed by atoms with Crippen LogP contribution in [0, 0.1) is 6.92 Å². The number of aryl methyl sites for hydroxylation is 1. The highest BCUT2D eigenvalue weighted by atomic mass is 32.1. The van der Waals surface area contributed by atoms with Crippen LogP contribution in [0.5, 0.6) is 0 Å². The van der Waals surface area contributed by atoms with Gasteiger partial charge in [-0.05, 0) is 62.0 Å². The first-order chi connectivity index (χ1) is 10.8. The van der Waals surface area contributed by atoms with Gasteiger partial charge in [0.05, 0.1) is 17.2 Å². The molecule has 0 aromatic carbocycles. The monoisotopic (exact) mass is 318 g/mol. The molecular weight excluding hydrogens is 296 g/mol. The zero-order valence-corrected chi connectivity index (χ0v) is 13.7. The summed E-state index contributed by atoms with van der Waals surface area (Å²) in [6.07, 6.45) is 5.43. The Morgan fingerprint density at radius 3 is 2.82 bits per heavy atom. The van der Waals surface area contributed by atoms with Crippen molar-refractivity contribution in [3.8, 4) is 0 Å². The molecule has 118 valence electrons. The van der Waals surface area contributed by atoms with Crippen molar-refractivity contribution in [1.82, 2.24) is 10.2 Å². The van der Waals surface area contributed by atoms with E-state index in [1.165, 1.54) is 30.6 Å². The van der Waals surface area contributed by atoms with Gasteiger partial charge >= 0.3 is 0 Å². The van der Waals surface area contributed by atoms with E-state index in [9.17, 15) is 4.79 Å². The molecule has 22 heavy (non-hydrogen) atoms. The van der Waals surface area contributed by atoms with Crippen LogP contribution >= 0.6 is 11.3 Å². The van der Waals surface area contributed by atoms with Crippen LogP contribution in [0.2, 0.25) is 0 Å². The van der Waals surface area contributed by atoms with Crippen LogP contribution in [0.3, 0.4) is 0 Å². The standard InChI is InChI=1S/C17H22N2O2S/c1-13-7-11-22-16(13)17(20)18-12-14(15-6-5-10-21-15)19-8-3-2-4-9-19/h5-7,10-11,14H,2-4,8-9,12H2,1H3,(H,18,20)/t14-/m0/s1. The van der Waals surface area contributed by atoms with Gasteiger partial charge in [-0.2, -0.15) is 0 Å². The predicted molar refractivity (Wildman–Crippen MR) is 88.3 cm³/mol. The lowest BCUT2D eigenvalue weighted by molar-refractivity contribution is 0.0917. The molecule has 0 unspecified atom stereocenters. The summed E-state index contributed by atoms with van der Waals surface area (Å²) in [5.41, 5.74) is 1.04. The largest absolute Gasteiger partial charge is 0.468 e. The van der Waals surface area contributed by atoms with Crippen LogP contribution in [-0.2, 0) is 0 Å². The molecule has 2 aromatic heterocycles. The molecule has 3 heterocycles. The molecular formula is C17H22N2O2S. The first-order valence-electron chi connectivity index (χ1n) is 7.85. The van der Waals surface area contributed by atoms with Crippen molar-refractivity contribution < 1.29 is 9.21 Å². The lowest BCUT2D eigenvalue weighted by Gasteiger charge is -2.33. The molecule has 1 saturated heterocycles. The van der Waals surface area contributed by atoms with Crippen molar-refractivity contribution >= 4 is 17.2 Å². The molecule has 0 bridgehead atoms. The van der Waals surface area contributed by atoms with Gasteiger partial charge in [0.2, 0.25) is 0 Å². The van der Waals surface area contributed by atoms with Crippen LogP contribution in [0.25, 0.3) is 0 Å². The van der Waals surface area contributed by atoms with E-state index in [0.29, 0.717) is 6.54 Å². The first kappa shape index (κ1) is 15.3. The third-order valence-electron chi connectivity index (χ3n) is 4.23. The van der Waals surface area contributed by atoms with Crippen LogP contribution in [0.4, 0.5) is 0 Å². The summed E-state index contributed by atoms with van der Waals surface area (Å²) >= 11 is 1.49. The molecule has 1 fully saturated rings. The van der Waals surface area contributed by atoms with Gasteiger partial charge in [-0.3, -0.25) is 9.69 Å². The lowest BCUT2D eigenvalue weighted by atomic mass is 10.1. The van der Waals surface area contributed by atoms with Gasteiger partial charge in [0.15, 0.2) is 0 Å². The molecule has 1 aliphatic heterocycles. The fourth-order valence-electron chi connectivity index (χ4n) is 3.00. The van der Waals surface area contributed by atoms with Gasteiger partial charge in [0.1, 0.15) is 5.76 Å². The number of likely N-dealkylation sites (tertiary alicyclic amines) is 1. The number of hydrogen-bond acceptors (Lipinski definition) is 4. The number of nitrogens with zero attached hydrogens (tertiary/aromatic N) is 1. The van der Waals surface area contributed by atoms with E-state index >= 15 is 0 Å². The summed E-state index contributed by atoms with van der Waals surface area (Å²) in [6.45, 7) is 4.70. The number of thiophene rings is 1. The fraction of sp³-hybridized carbons (Fsp3) is 0.471. The Labute approximate surface area is 135 Å². The smallest absolute Gasteiger partial charge is 0.261 e. The maximum atomic E-state index is 12.3. The highest BCUT2D eigenvalue weighted by molar-refractivity contribution is 7.12. The highest BCUT2D eigenvalue weighted by Crippen LogP contribution is 2.25. The second kappa shape index (κ2) is 7.11. The third-order valence-corrected chi connectivity index (χ3v) is 5.24. The second-order valence-electron chi connectivity index (χ2n) is 5.77. The summed E-state index contributed by atoms with van der Waals surface area (Å²) in [7, 11) is 0. The summed E-state index contributed by atoms with van der Waals surface area (Å²) in [5, 5.41) is 5.04. The zero-order valence-electron chi connectivity index (χ0n) is 12.9. The van der Waals surface area contributed by atoms with Gasteiger partial charge in [-0.25, -0.2) is 0 Å². The van der Waals surface area contributed by atoms with Crippen molar-refractivity contribution in [2.45, 2.75) is 32.2 Å². The van der Waals surface area contributed by atoms with E-state index < -0.39 is 0 Å². The predicted octanol–water partition coefficient (Wildman–Crippen LogP) is 3.61. The Balaban J connectivity index is 1.68. The summed E-state index contributed by atoms with van der Waals surface area (Å²) < 4.78 is 5.61. The van der Waals surface area contributed by atoms with Gasteiger partial charge < -0.3 is 9.73 Å². The molecule has 3 rings (SSSR count). The van der Waals surface area contributed by atoms with E-state index in [1.54, 1.807) is 6.26 Å². The van der Waals surface area contributed by atoms with Gasteiger partial charge in [0, 0.05) is 6.54 Å². The maximum absolute atomic E-state index is 12.3. The third kappa shape index (κ3) is 3.42. The lowest BCUT2D eigenvalue weighted by Crippen LogP contribution is -2.40. The van der Waals surface area contributed by atoms with Gasteiger partial charge in [-0.15, -0.1) is 11.3 Å². The van der Waals surface area contributed by atoms with Crippen molar-refractivity contribution in [1.29, 1.82) is 0 Å². The fourth-order valence-corrected chi connectivity index (χ4v) is 3.84. The minimum Gasteiger partial charge on any atom is -0.468 e. The Hall–Kier alpha value is -1.59. The van der Waals surface area contributed by atoms with E-state index in [0.717, 1.165) is 29.3 Å². The molecule has 1 amide bonds. The van der Waals surface area contributed by atoms with Gasteiger partial charge in [0.25, 0.3) is 5.91 Å². The van der Waals surface area contributed by atoms with Crippen LogP contribution in [0.1, 0.15) is 46.3 Å². The summed E-state index contributed by atoms with van der Waals surface area (Å²) in [4.78, 5) is 15.6. The normalized spacial score (nSPS) is 17.3. The molecule has 0 radical (unpaired) electrons. The zero-order chi connectivity index (χ0) is 15.4. The number of rotatable bonds is 5. The molecule has 1 atom stereocenters. The van der Waals surface area contributed by atoms with E-state index in [1.807, 2.05) is 30.5 Å². The average molecular weight is 318 g/mol. The maximum Gasteiger partial charge on any atom is 0.261 e. The second-order valence-corrected chi connectivity index (χ2v) is 6.69. The van der Waals surface area contributed by atoms with Crippen molar-refractivity contribution in [3.05, 3.63) is 46.0 Å². The molecule has 0 spiro atoms. The SMILES string of the molecule is Cc1ccsc1C(=O)NC[C@@H](c1ccco1)N1CCCCC1. The number of nitrogens with one attached hydrogen (secondary N) is 1. The Morgan fingerprint density at radius 1 is 1.36 bits per heavy atom. The van der Waals surface area contributed by atoms with Gasteiger partial charge in [-0.1, -0.05) is 6.42 Å². The van der Waals surface area contributed by atoms with E-state index in [2.05, 4.69) is 10.2 Å². The number of furan rings is 1. The van der Waals surface area contributed by atoms with Crippen molar-refractivity contribution in [3.63, 3.8) is 0 Å². The summed E-state index contributed by atoms with van der Waals surface area (Å²) in [6, 6.07) is 6.02. The molecule has 0 saturated carbocycles. The van der Waals surface area contributed by atoms with E-state index in [4.69, 9.17) is 4.42 Å². The van der Waals surface area contributed by atoms with E-state index in [-0.39, 0.29) is 11.9 Å². The molecule has 1 N–H and O–H groups in total. The molecule has 4 nitrogen and oxygen atoms in total. The Kier molecular flexibility index (Phi) is 4.95. The van der Waals surface area contributed by atoms with Crippen LogP contribution < -0.4 is 5.32 Å². The minimum absolute atomic E-state index is 0.0149. The number of carbonyl (C=O) groups excluding carboxylic acids is 1. The minimum atomic E-state index is 0.0149. The number of amides is 1. The molecule has 5 heteroatoms. The topological polar surface area (TPSA) is 45.5 Å². The van der Waals surface area contributed by atoms with Crippen molar-refractivity contribution in [2.75, 3.05) is 19.6 Å². The Bertz CT molecular complexity index is 600. The number of hydrogen-bond donors (Lipinski definition) is 1. The molecule has 2 aromatic rings. The van der Waals surface area contributed by atoms with Crippen molar-refractivity contribution in [2.24, 2.45) is 0 Å². The first-order valence-corrected chi connectivity index (χ1v) is 8.73. The van der Waals surface area contributed by atoms with Crippen LogP contribution in [-0.4, -0.2) is 30.4 Å². The van der Waals surface area contributed by atoms with Crippen LogP contribution in [0.15, 0.2) is 34.3 Å². The quantitative estimate of drug-likeness (QED) is 0.916.